The Labute approximate surface area is 106 Å². The number of nitrogens with one attached hydrogen (secondary N) is 1. The molecular formula is C12H15Cl2NO. The van der Waals surface area contributed by atoms with Crippen LogP contribution in [0.5, 0.6) is 0 Å². The van der Waals surface area contributed by atoms with Gasteiger partial charge in [0.15, 0.2) is 0 Å². The fraction of sp³-hybridized carbons (Fsp3) is 0.500. The largest absolute Gasteiger partial charge is 0.380 e. The second kappa shape index (κ2) is 5.76. The van der Waals surface area contributed by atoms with E-state index in [0.717, 1.165) is 25.3 Å². The molecule has 0 amide bonds. The lowest BCUT2D eigenvalue weighted by Gasteiger charge is -2.23. The standard InChI is InChI=1S/C12H15Cl2NO/c13-10-5-3-6-11(14)12(10)15-8-9-4-1-2-7-16-9/h3,5-6,9,15H,1-2,4,7-8H2. The van der Waals surface area contributed by atoms with E-state index in [2.05, 4.69) is 5.32 Å². The molecule has 2 nitrogen and oxygen atoms in total. The van der Waals surface area contributed by atoms with Crippen LogP contribution in [0.2, 0.25) is 10.0 Å². The molecule has 0 aliphatic carbocycles. The Bertz CT molecular complexity index is 331. The highest BCUT2D eigenvalue weighted by Crippen LogP contribution is 2.30. The quantitative estimate of drug-likeness (QED) is 0.887. The average molecular weight is 260 g/mol. The molecule has 1 aliphatic heterocycles. The zero-order valence-corrected chi connectivity index (χ0v) is 10.5. The summed E-state index contributed by atoms with van der Waals surface area (Å²) in [6, 6.07) is 5.50. The third-order valence-corrected chi connectivity index (χ3v) is 3.37. The predicted molar refractivity (Wildman–Crippen MR) is 68.5 cm³/mol. The van der Waals surface area contributed by atoms with Gasteiger partial charge in [0, 0.05) is 13.2 Å². The van der Waals surface area contributed by atoms with E-state index in [1.807, 2.05) is 18.2 Å². The molecule has 2 rings (SSSR count). The van der Waals surface area contributed by atoms with E-state index in [1.54, 1.807) is 0 Å². The Hall–Kier alpha value is -0.440. The van der Waals surface area contributed by atoms with Crippen molar-refractivity contribution in [1.82, 2.24) is 0 Å². The number of anilines is 1. The van der Waals surface area contributed by atoms with Crippen molar-refractivity contribution in [2.24, 2.45) is 0 Å². The SMILES string of the molecule is Clc1cccc(Cl)c1NCC1CCCCO1. The van der Waals surface area contributed by atoms with Crippen LogP contribution in [0.1, 0.15) is 19.3 Å². The zero-order valence-electron chi connectivity index (χ0n) is 9.01. The van der Waals surface area contributed by atoms with Gasteiger partial charge in [-0.2, -0.15) is 0 Å². The maximum absolute atomic E-state index is 6.06. The Morgan fingerprint density at radius 2 is 2.00 bits per heavy atom. The Balaban J connectivity index is 1.93. The van der Waals surface area contributed by atoms with Crippen LogP contribution in [0.15, 0.2) is 18.2 Å². The van der Waals surface area contributed by atoms with E-state index in [0.29, 0.717) is 10.0 Å². The van der Waals surface area contributed by atoms with Crippen molar-refractivity contribution in [3.63, 3.8) is 0 Å². The molecule has 0 radical (unpaired) electrons. The van der Waals surface area contributed by atoms with E-state index >= 15 is 0 Å². The summed E-state index contributed by atoms with van der Waals surface area (Å²) in [4.78, 5) is 0. The van der Waals surface area contributed by atoms with E-state index in [9.17, 15) is 0 Å². The summed E-state index contributed by atoms with van der Waals surface area (Å²) in [6.07, 6.45) is 3.79. The molecule has 4 heteroatoms. The normalized spacial score (nSPS) is 20.8. The summed E-state index contributed by atoms with van der Waals surface area (Å²) in [5.41, 5.74) is 0.806. The lowest BCUT2D eigenvalue weighted by Crippen LogP contribution is -2.27. The number of hydrogen-bond donors (Lipinski definition) is 1. The zero-order chi connectivity index (χ0) is 11.4. The molecule has 88 valence electrons. The van der Waals surface area contributed by atoms with Crippen LogP contribution >= 0.6 is 23.2 Å². The molecule has 1 aromatic rings. The summed E-state index contributed by atoms with van der Waals surface area (Å²) in [5, 5.41) is 4.57. The van der Waals surface area contributed by atoms with Crippen LogP contribution in [-0.2, 0) is 4.74 Å². The first-order valence-electron chi connectivity index (χ1n) is 5.57. The van der Waals surface area contributed by atoms with Crippen molar-refractivity contribution >= 4 is 28.9 Å². The molecule has 1 saturated heterocycles. The van der Waals surface area contributed by atoms with E-state index in [4.69, 9.17) is 27.9 Å². The van der Waals surface area contributed by atoms with E-state index in [1.165, 1.54) is 12.8 Å². The third-order valence-electron chi connectivity index (χ3n) is 2.74. The highest BCUT2D eigenvalue weighted by atomic mass is 35.5. The molecule has 1 atom stereocenters. The van der Waals surface area contributed by atoms with Crippen molar-refractivity contribution < 1.29 is 4.74 Å². The van der Waals surface area contributed by atoms with E-state index < -0.39 is 0 Å². The summed E-state index contributed by atoms with van der Waals surface area (Å²) in [6.45, 7) is 1.63. The summed E-state index contributed by atoms with van der Waals surface area (Å²) in [5.74, 6) is 0. The van der Waals surface area contributed by atoms with Crippen molar-refractivity contribution in [1.29, 1.82) is 0 Å². The number of halogens is 2. The van der Waals surface area contributed by atoms with Crippen molar-refractivity contribution in [3.05, 3.63) is 28.2 Å². The minimum atomic E-state index is 0.279. The Kier molecular flexibility index (Phi) is 4.33. The molecule has 1 aliphatic rings. The third kappa shape index (κ3) is 3.03. The molecular weight excluding hydrogens is 245 g/mol. The lowest BCUT2D eigenvalue weighted by atomic mass is 10.1. The molecule has 0 aromatic heterocycles. The van der Waals surface area contributed by atoms with Gasteiger partial charge in [0.05, 0.1) is 21.8 Å². The number of benzene rings is 1. The van der Waals surface area contributed by atoms with Crippen LogP contribution in [0.3, 0.4) is 0 Å². The molecule has 1 aromatic carbocycles. The Morgan fingerprint density at radius 3 is 2.62 bits per heavy atom. The van der Waals surface area contributed by atoms with Crippen LogP contribution in [0.4, 0.5) is 5.69 Å². The molecule has 0 bridgehead atoms. The van der Waals surface area contributed by atoms with Crippen LogP contribution in [0, 0.1) is 0 Å². The van der Waals surface area contributed by atoms with Gasteiger partial charge in [0.2, 0.25) is 0 Å². The first kappa shape index (κ1) is 12.0. The van der Waals surface area contributed by atoms with Gasteiger partial charge in [-0.3, -0.25) is 0 Å². The second-order valence-electron chi connectivity index (χ2n) is 3.97. The van der Waals surface area contributed by atoms with Gasteiger partial charge in [0.25, 0.3) is 0 Å². The molecule has 1 unspecified atom stereocenters. The van der Waals surface area contributed by atoms with Gasteiger partial charge in [0.1, 0.15) is 0 Å². The fourth-order valence-corrected chi connectivity index (χ4v) is 2.38. The number of ether oxygens (including phenoxy) is 1. The number of rotatable bonds is 3. The molecule has 0 spiro atoms. The van der Waals surface area contributed by atoms with Gasteiger partial charge >= 0.3 is 0 Å². The average Bonchev–Trinajstić information content (AvgIpc) is 2.30. The fourth-order valence-electron chi connectivity index (χ4n) is 1.85. The minimum absolute atomic E-state index is 0.279. The number of hydrogen-bond acceptors (Lipinski definition) is 2. The number of para-hydroxylation sites is 1. The molecule has 1 heterocycles. The van der Waals surface area contributed by atoms with Gasteiger partial charge in [-0.1, -0.05) is 29.3 Å². The van der Waals surface area contributed by atoms with Crippen molar-refractivity contribution in [3.8, 4) is 0 Å². The van der Waals surface area contributed by atoms with Gasteiger partial charge in [-0.25, -0.2) is 0 Å². The van der Waals surface area contributed by atoms with Gasteiger partial charge in [-0.05, 0) is 31.4 Å². The highest BCUT2D eigenvalue weighted by molar-refractivity contribution is 6.39. The summed E-state index contributed by atoms with van der Waals surface area (Å²) >= 11 is 12.1. The van der Waals surface area contributed by atoms with Crippen LogP contribution in [0.25, 0.3) is 0 Å². The van der Waals surface area contributed by atoms with Crippen molar-refractivity contribution in [2.75, 3.05) is 18.5 Å². The topological polar surface area (TPSA) is 21.3 Å². The minimum Gasteiger partial charge on any atom is -0.380 e. The first-order chi connectivity index (χ1) is 7.77. The first-order valence-corrected chi connectivity index (χ1v) is 6.32. The summed E-state index contributed by atoms with van der Waals surface area (Å²) < 4.78 is 5.63. The predicted octanol–water partition coefficient (Wildman–Crippen LogP) is 3.97. The molecule has 1 N–H and O–H groups in total. The molecule has 0 saturated carbocycles. The maximum atomic E-state index is 6.06. The van der Waals surface area contributed by atoms with Gasteiger partial charge < -0.3 is 10.1 Å². The van der Waals surface area contributed by atoms with E-state index in [-0.39, 0.29) is 6.10 Å². The van der Waals surface area contributed by atoms with Crippen molar-refractivity contribution in [2.45, 2.75) is 25.4 Å². The smallest absolute Gasteiger partial charge is 0.0747 e. The molecule has 16 heavy (non-hydrogen) atoms. The second-order valence-corrected chi connectivity index (χ2v) is 4.78. The van der Waals surface area contributed by atoms with Crippen LogP contribution in [-0.4, -0.2) is 19.3 Å². The lowest BCUT2D eigenvalue weighted by molar-refractivity contribution is 0.0247. The monoisotopic (exact) mass is 259 g/mol. The van der Waals surface area contributed by atoms with Crippen LogP contribution < -0.4 is 5.32 Å². The highest BCUT2D eigenvalue weighted by Gasteiger charge is 2.14. The summed E-state index contributed by atoms with van der Waals surface area (Å²) in [7, 11) is 0. The Morgan fingerprint density at radius 1 is 1.25 bits per heavy atom. The van der Waals surface area contributed by atoms with Gasteiger partial charge in [-0.15, -0.1) is 0 Å². The maximum Gasteiger partial charge on any atom is 0.0747 e. The molecule has 1 fully saturated rings.